The Hall–Kier alpha value is -3.44. The predicted octanol–water partition coefficient (Wildman–Crippen LogP) is 2.93. The highest BCUT2D eigenvalue weighted by Gasteiger charge is 2.26. The first-order valence-electron chi connectivity index (χ1n) is 10.7. The normalized spacial score (nSPS) is 16.4. The van der Waals surface area contributed by atoms with E-state index < -0.39 is 15.9 Å². The number of aromatic nitrogens is 2. The largest absolute Gasteiger partial charge is 0.486 e. The van der Waals surface area contributed by atoms with E-state index in [9.17, 15) is 13.2 Å². The van der Waals surface area contributed by atoms with Gasteiger partial charge in [0.2, 0.25) is 15.9 Å². The molecule has 0 radical (unpaired) electrons. The van der Waals surface area contributed by atoms with Gasteiger partial charge in [0.1, 0.15) is 13.2 Å². The summed E-state index contributed by atoms with van der Waals surface area (Å²) in [6.07, 6.45) is 2.76. The van der Waals surface area contributed by atoms with Gasteiger partial charge in [-0.05, 0) is 55.3 Å². The van der Waals surface area contributed by atoms with Crippen molar-refractivity contribution in [3.05, 3.63) is 48.0 Å². The molecular weight excluding hydrogens is 448 g/mol. The number of anilines is 1. The molecule has 0 unspecified atom stereocenters. The Balaban J connectivity index is 1.27. The molecule has 10 nitrogen and oxygen atoms in total. The van der Waals surface area contributed by atoms with Crippen LogP contribution >= 0.6 is 0 Å². The number of carbonyl (C=O) groups excluding carboxylic acids is 1. The quantitative estimate of drug-likeness (QED) is 0.604. The molecule has 0 spiro atoms. The highest BCUT2D eigenvalue weighted by Crippen LogP contribution is 2.34. The first-order valence-corrected chi connectivity index (χ1v) is 12.1. The summed E-state index contributed by atoms with van der Waals surface area (Å²) in [4.78, 5) is 12.7. The summed E-state index contributed by atoms with van der Waals surface area (Å²) in [5.74, 6) is 0.950. The lowest BCUT2D eigenvalue weighted by atomic mass is 10.2. The van der Waals surface area contributed by atoms with Crippen LogP contribution in [0.4, 0.5) is 6.01 Å². The monoisotopic (exact) mass is 470 g/mol. The topological polar surface area (TPSA) is 124 Å². The Kier molecular flexibility index (Phi) is 5.73. The molecule has 2 aromatic carbocycles. The van der Waals surface area contributed by atoms with Crippen molar-refractivity contribution < 1.29 is 27.1 Å². The van der Waals surface area contributed by atoms with Crippen molar-refractivity contribution in [2.75, 3.05) is 31.6 Å². The van der Waals surface area contributed by atoms with Crippen LogP contribution < -0.4 is 14.8 Å². The lowest BCUT2D eigenvalue weighted by molar-refractivity contribution is 0.102. The number of piperidine rings is 1. The number of carbonyl (C=O) groups is 1. The Bertz CT molecular complexity index is 1270. The number of benzene rings is 2. The van der Waals surface area contributed by atoms with Crippen molar-refractivity contribution in [3.63, 3.8) is 0 Å². The second kappa shape index (κ2) is 8.83. The molecule has 2 aliphatic rings. The maximum Gasteiger partial charge on any atom is 0.322 e. The number of hydrogen-bond acceptors (Lipinski definition) is 8. The van der Waals surface area contributed by atoms with Crippen molar-refractivity contribution in [2.45, 2.75) is 24.2 Å². The van der Waals surface area contributed by atoms with E-state index in [4.69, 9.17) is 13.9 Å². The number of amides is 1. The minimum Gasteiger partial charge on any atom is -0.486 e. The van der Waals surface area contributed by atoms with E-state index in [0.717, 1.165) is 19.3 Å². The number of ether oxygens (including phenoxy) is 2. The smallest absolute Gasteiger partial charge is 0.322 e. The maximum atomic E-state index is 12.8. The minimum atomic E-state index is -3.56. The Morgan fingerprint density at radius 3 is 2.39 bits per heavy atom. The number of fused-ring (bicyclic) bond motifs is 1. The van der Waals surface area contributed by atoms with Gasteiger partial charge in [0.25, 0.3) is 5.91 Å². The van der Waals surface area contributed by atoms with E-state index in [2.05, 4.69) is 15.5 Å². The Labute approximate surface area is 190 Å². The number of hydrogen-bond donors (Lipinski definition) is 1. The van der Waals surface area contributed by atoms with Crippen LogP contribution in [0.2, 0.25) is 0 Å². The summed E-state index contributed by atoms with van der Waals surface area (Å²) in [7, 11) is -3.56. The molecule has 1 saturated heterocycles. The fourth-order valence-corrected chi connectivity index (χ4v) is 5.29. The van der Waals surface area contributed by atoms with Gasteiger partial charge in [0.15, 0.2) is 11.5 Å². The van der Waals surface area contributed by atoms with Crippen molar-refractivity contribution in [1.29, 1.82) is 0 Å². The molecular formula is C22H22N4O6S. The third kappa shape index (κ3) is 4.41. The summed E-state index contributed by atoms with van der Waals surface area (Å²) in [5, 5.41) is 10.4. The van der Waals surface area contributed by atoms with Gasteiger partial charge in [-0.25, -0.2) is 8.42 Å². The fraction of sp³-hybridized carbons (Fsp3) is 0.318. The second-order valence-corrected chi connectivity index (χ2v) is 9.65. The van der Waals surface area contributed by atoms with Crippen LogP contribution in [0.3, 0.4) is 0 Å². The molecule has 0 aliphatic carbocycles. The van der Waals surface area contributed by atoms with Gasteiger partial charge in [0, 0.05) is 24.2 Å². The zero-order valence-electron chi connectivity index (χ0n) is 17.7. The Morgan fingerprint density at radius 2 is 1.64 bits per heavy atom. The average molecular weight is 471 g/mol. The van der Waals surface area contributed by atoms with Gasteiger partial charge in [0.05, 0.1) is 4.90 Å². The molecule has 1 fully saturated rings. The van der Waals surface area contributed by atoms with Crippen LogP contribution in [0.5, 0.6) is 11.5 Å². The van der Waals surface area contributed by atoms with Crippen LogP contribution in [0.1, 0.15) is 29.6 Å². The second-order valence-electron chi connectivity index (χ2n) is 7.71. The molecule has 0 saturated carbocycles. The van der Waals surface area contributed by atoms with Crippen LogP contribution in [0, 0.1) is 0 Å². The molecule has 1 aromatic heterocycles. The maximum absolute atomic E-state index is 12.8. The van der Waals surface area contributed by atoms with Gasteiger partial charge in [-0.1, -0.05) is 11.5 Å². The highest BCUT2D eigenvalue weighted by atomic mass is 32.2. The van der Waals surface area contributed by atoms with Crippen molar-refractivity contribution >= 4 is 21.9 Å². The summed E-state index contributed by atoms with van der Waals surface area (Å²) >= 11 is 0. The molecule has 0 bridgehead atoms. The molecule has 1 N–H and O–H groups in total. The van der Waals surface area contributed by atoms with Crippen molar-refractivity contribution in [2.24, 2.45) is 0 Å². The van der Waals surface area contributed by atoms with E-state index in [0.29, 0.717) is 43.4 Å². The van der Waals surface area contributed by atoms with E-state index >= 15 is 0 Å². The zero-order chi connectivity index (χ0) is 22.8. The lowest BCUT2D eigenvalue weighted by Gasteiger charge is -2.25. The van der Waals surface area contributed by atoms with Gasteiger partial charge in [-0.2, -0.15) is 4.31 Å². The van der Waals surface area contributed by atoms with E-state index in [-0.39, 0.29) is 22.4 Å². The zero-order valence-corrected chi connectivity index (χ0v) is 18.5. The molecule has 11 heteroatoms. The molecule has 5 rings (SSSR count). The number of sulfonamides is 1. The standard InChI is InChI=1S/C22H22N4O6S/c27-20(15-4-7-17(8-5-15)33(28,29)26-10-2-1-3-11-26)23-22-25-24-21(32-22)16-6-9-18-19(14-16)31-13-12-30-18/h4-9,14H,1-3,10-13H2,(H,23,25,27). The van der Waals surface area contributed by atoms with Crippen LogP contribution in [0.25, 0.3) is 11.5 Å². The van der Waals surface area contributed by atoms with Crippen LogP contribution in [-0.4, -0.2) is 55.1 Å². The third-order valence-corrected chi connectivity index (χ3v) is 7.42. The first-order chi connectivity index (χ1) is 16.0. The van der Waals surface area contributed by atoms with Crippen molar-refractivity contribution in [1.82, 2.24) is 14.5 Å². The third-order valence-electron chi connectivity index (χ3n) is 5.50. The van der Waals surface area contributed by atoms with Crippen molar-refractivity contribution in [3.8, 4) is 23.0 Å². The van der Waals surface area contributed by atoms with Crippen LogP contribution in [-0.2, 0) is 10.0 Å². The van der Waals surface area contributed by atoms with Gasteiger partial charge in [-0.3, -0.25) is 10.1 Å². The summed E-state index contributed by atoms with van der Waals surface area (Å²) in [6, 6.07) is 11.0. The van der Waals surface area contributed by atoms with Gasteiger partial charge < -0.3 is 13.9 Å². The number of nitrogens with zero attached hydrogens (tertiary/aromatic N) is 3. The molecule has 3 heterocycles. The van der Waals surface area contributed by atoms with Gasteiger partial charge in [-0.15, -0.1) is 5.10 Å². The van der Waals surface area contributed by atoms with Gasteiger partial charge >= 0.3 is 6.01 Å². The molecule has 2 aliphatic heterocycles. The molecule has 1 amide bonds. The molecule has 0 atom stereocenters. The average Bonchev–Trinajstić information content (AvgIpc) is 3.33. The Morgan fingerprint density at radius 1 is 0.909 bits per heavy atom. The molecule has 3 aromatic rings. The summed E-state index contributed by atoms with van der Waals surface area (Å²) < 4.78 is 43.6. The molecule has 33 heavy (non-hydrogen) atoms. The predicted molar refractivity (Wildman–Crippen MR) is 118 cm³/mol. The number of nitrogens with one attached hydrogen (secondary N) is 1. The van der Waals surface area contributed by atoms with E-state index in [1.54, 1.807) is 18.2 Å². The summed E-state index contributed by atoms with van der Waals surface area (Å²) in [6.45, 7) is 1.99. The number of rotatable bonds is 5. The van der Waals surface area contributed by atoms with E-state index in [1.807, 2.05) is 0 Å². The SMILES string of the molecule is O=C(Nc1nnc(-c2ccc3c(c2)OCCO3)o1)c1ccc(S(=O)(=O)N2CCCCC2)cc1. The lowest BCUT2D eigenvalue weighted by Crippen LogP contribution is -2.35. The minimum absolute atomic E-state index is 0.0742. The summed E-state index contributed by atoms with van der Waals surface area (Å²) in [5.41, 5.74) is 0.895. The van der Waals surface area contributed by atoms with E-state index in [1.165, 1.54) is 28.6 Å². The highest BCUT2D eigenvalue weighted by molar-refractivity contribution is 7.89. The fourth-order valence-electron chi connectivity index (χ4n) is 3.77. The first kappa shape index (κ1) is 21.4. The molecule has 172 valence electrons. The van der Waals surface area contributed by atoms with Crippen LogP contribution in [0.15, 0.2) is 51.8 Å².